The second-order valence-electron chi connectivity index (χ2n) is 5.45. The van der Waals surface area contributed by atoms with E-state index in [1.165, 1.54) is 28.3 Å². The van der Waals surface area contributed by atoms with E-state index in [4.69, 9.17) is 0 Å². The summed E-state index contributed by atoms with van der Waals surface area (Å²) in [7, 11) is 0. The lowest BCUT2D eigenvalue weighted by Crippen LogP contribution is -2.12. The van der Waals surface area contributed by atoms with Gasteiger partial charge in [-0.15, -0.1) is 23.1 Å². The number of nitrogens with one attached hydrogen (secondary N) is 1. The number of fused-ring (bicyclic) bond motifs is 1. The second kappa shape index (κ2) is 7.57. The molecule has 2 aromatic carbocycles. The predicted molar refractivity (Wildman–Crippen MR) is 108 cm³/mol. The molecule has 0 aliphatic rings. The number of carbonyl (C=O) groups is 1. The molecule has 0 saturated heterocycles. The molecule has 130 valence electrons. The zero-order chi connectivity index (χ0) is 17.9. The minimum absolute atomic E-state index is 0.209. The van der Waals surface area contributed by atoms with Crippen molar-refractivity contribution in [3.05, 3.63) is 76.2 Å². The summed E-state index contributed by atoms with van der Waals surface area (Å²) in [4.78, 5) is 19.2. The zero-order valence-corrected chi connectivity index (χ0v) is 15.9. The number of nitrogens with zero attached hydrogens (tertiary/aromatic N) is 1. The van der Waals surface area contributed by atoms with Crippen LogP contribution in [0.25, 0.3) is 10.2 Å². The van der Waals surface area contributed by atoms with Crippen LogP contribution in [-0.4, -0.2) is 10.9 Å². The third-order valence-corrected chi connectivity index (χ3v) is 6.77. The molecular weight excluding hydrogens is 387 g/mol. The van der Waals surface area contributed by atoms with Crippen molar-refractivity contribution >= 4 is 55.7 Å². The highest BCUT2D eigenvalue weighted by atomic mass is 32.2. The number of aromatic nitrogens is 1. The first kappa shape index (κ1) is 17.2. The van der Waals surface area contributed by atoms with Crippen LogP contribution in [0.1, 0.15) is 15.2 Å². The monoisotopic (exact) mass is 400 g/mol. The van der Waals surface area contributed by atoms with Crippen LogP contribution in [0.3, 0.4) is 0 Å². The first-order chi connectivity index (χ1) is 12.7. The van der Waals surface area contributed by atoms with Crippen LogP contribution in [0.5, 0.6) is 0 Å². The number of amides is 1. The summed E-state index contributed by atoms with van der Waals surface area (Å²) < 4.78 is 14.0. The van der Waals surface area contributed by atoms with Gasteiger partial charge in [0.1, 0.15) is 5.82 Å². The normalized spacial score (nSPS) is 11.0. The molecule has 3 nitrogen and oxygen atoms in total. The number of thiazole rings is 1. The van der Waals surface area contributed by atoms with Crippen molar-refractivity contribution in [3.8, 4) is 0 Å². The molecule has 0 unspecified atom stereocenters. The number of hydrogen-bond acceptors (Lipinski definition) is 5. The molecule has 0 bridgehead atoms. The van der Waals surface area contributed by atoms with Crippen LogP contribution in [0.15, 0.2) is 64.9 Å². The van der Waals surface area contributed by atoms with Crippen molar-refractivity contribution in [3.63, 3.8) is 0 Å². The van der Waals surface area contributed by atoms with Gasteiger partial charge in [-0.3, -0.25) is 10.1 Å². The van der Waals surface area contributed by atoms with E-state index < -0.39 is 0 Å². The first-order valence-corrected chi connectivity index (χ1v) is 10.5. The lowest BCUT2D eigenvalue weighted by molar-refractivity contribution is 0.102. The van der Waals surface area contributed by atoms with Crippen LogP contribution >= 0.6 is 34.4 Å². The summed E-state index contributed by atoms with van der Waals surface area (Å²) in [6, 6.07) is 16.0. The Balaban J connectivity index is 1.53. The maximum atomic E-state index is 13.3. The van der Waals surface area contributed by atoms with Crippen LogP contribution in [0.4, 0.5) is 9.52 Å². The lowest BCUT2D eigenvalue weighted by Gasteiger charge is -2.08. The van der Waals surface area contributed by atoms with Gasteiger partial charge in [0.25, 0.3) is 5.91 Å². The average Bonchev–Trinajstić information content (AvgIpc) is 3.29. The highest BCUT2D eigenvalue weighted by Crippen LogP contribution is 2.30. The SMILES string of the molecule is O=C(Nc1nc2ccc(F)cc2s1)c1ccccc1SCc1cccs1. The fraction of sp³-hybridized carbons (Fsp3) is 0.0526. The van der Waals surface area contributed by atoms with Crippen molar-refractivity contribution in [2.75, 3.05) is 5.32 Å². The minimum atomic E-state index is -0.311. The predicted octanol–water partition coefficient (Wildman–Crippen LogP) is 6.04. The van der Waals surface area contributed by atoms with Crippen LogP contribution in [0, 0.1) is 5.82 Å². The molecule has 1 N–H and O–H groups in total. The van der Waals surface area contributed by atoms with Gasteiger partial charge in [-0.2, -0.15) is 0 Å². The number of hydrogen-bond donors (Lipinski definition) is 1. The smallest absolute Gasteiger partial charge is 0.258 e. The topological polar surface area (TPSA) is 42.0 Å². The maximum absolute atomic E-state index is 13.3. The molecular formula is C19H13FN2OS3. The molecule has 2 heterocycles. The van der Waals surface area contributed by atoms with Gasteiger partial charge >= 0.3 is 0 Å². The molecule has 4 rings (SSSR count). The highest BCUT2D eigenvalue weighted by Gasteiger charge is 2.14. The molecule has 0 saturated carbocycles. The molecule has 0 atom stereocenters. The van der Waals surface area contributed by atoms with Crippen molar-refractivity contribution in [2.45, 2.75) is 10.6 Å². The van der Waals surface area contributed by atoms with E-state index in [1.54, 1.807) is 35.2 Å². The molecule has 26 heavy (non-hydrogen) atoms. The van der Waals surface area contributed by atoms with Gasteiger partial charge in [0, 0.05) is 15.5 Å². The number of benzene rings is 2. The summed E-state index contributed by atoms with van der Waals surface area (Å²) in [6.07, 6.45) is 0. The lowest BCUT2D eigenvalue weighted by atomic mass is 10.2. The van der Waals surface area contributed by atoms with Gasteiger partial charge in [-0.25, -0.2) is 9.37 Å². The van der Waals surface area contributed by atoms with Gasteiger partial charge in [-0.05, 0) is 41.8 Å². The fourth-order valence-corrected chi connectivity index (χ4v) is 5.15. The van der Waals surface area contributed by atoms with E-state index in [-0.39, 0.29) is 11.7 Å². The summed E-state index contributed by atoms with van der Waals surface area (Å²) >= 11 is 4.60. The number of rotatable bonds is 5. The van der Waals surface area contributed by atoms with Crippen molar-refractivity contribution < 1.29 is 9.18 Å². The molecule has 4 aromatic rings. The number of thiophene rings is 1. The van der Waals surface area contributed by atoms with Gasteiger partial charge in [0.05, 0.1) is 15.8 Å². The van der Waals surface area contributed by atoms with Crippen LogP contribution in [0.2, 0.25) is 0 Å². The maximum Gasteiger partial charge on any atom is 0.258 e. The van der Waals surface area contributed by atoms with E-state index in [2.05, 4.69) is 16.4 Å². The largest absolute Gasteiger partial charge is 0.298 e. The van der Waals surface area contributed by atoms with Crippen molar-refractivity contribution in [2.24, 2.45) is 0 Å². The number of thioether (sulfide) groups is 1. The summed E-state index contributed by atoms with van der Waals surface area (Å²) in [5.41, 5.74) is 1.28. The molecule has 0 aliphatic heterocycles. The van der Waals surface area contributed by atoms with E-state index >= 15 is 0 Å². The van der Waals surface area contributed by atoms with Crippen molar-refractivity contribution in [1.29, 1.82) is 0 Å². The minimum Gasteiger partial charge on any atom is -0.298 e. The molecule has 2 aromatic heterocycles. The van der Waals surface area contributed by atoms with Gasteiger partial charge < -0.3 is 0 Å². The Morgan fingerprint density at radius 1 is 1.15 bits per heavy atom. The summed E-state index contributed by atoms with van der Waals surface area (Å²) in [6.45, 7) is 0. The standard InChI is InChI=1S/C19H13FN2OS3/c20-12-7-8-15-17(10-12)26-19(21-15)22-18(23)14-5-1-2-6-16(14)25-11-13-4-3-9-24-13/h1-10H,11H2,(H,21,22,23). The molecule has 7 heteroatoms. The number of anilines is 1. The quantitative estimate of drug-likeness (QED) is 0.415. The van der Waals surface area contributed by atoms with Gasteiger partial charge in [0.2, 0.25) is 0 Å². The molecule has 0 spiro atoms. The Morgan fingerprint density at radius 3 is 2.88 bits per heavy atom. The Morgan fingerprint density at radius 2 is 2.04 bits per heavy atom. The average molecular weight is 401 g/mol. The van der Waals surface area contributed by atoms with Gasteiger partial charge in [0.15, 0.2) is 5.13 Å². The van der Waals surface area contributed by atoms with E-state index in [0.29, 0.717) is 20.9 Å². The van der Waals surface area contributed by atoms with E-state index in [0.717, 1.165) is 10.6 Å². The highest BCUT2D eigenvalue weighted by molar-refractivity contribution is 7.98. The number of carbonyl (C=O) groups excluding carboxylic acids is 1. The molecule has 1 amide bonds. The van der Waals surface area contributed by atoms with E-state index in [1.807, 2.05) is 29.6 Å². The molecule has 0 radical (unpaired) electrons. The third kappa shape index (κ3) is 3.80. The molecule has 0 aliphatic carbocycles. The molecule has 0 fully saturated rings. The first-order valence-electron chi connectivity index (χ1n) is 7.81. The third-order valence-electron chi connectivity index (χ3n) is 3.65. The van der Waals surface area contributed by atoms with Crippen LogP contribution in [-0.2, 0) is 5.75 Å². The van der Waals surface area contributed by atoms with Crippen molar-refractivity contribution in [1.82, 2.24) is 4.98 Å². The Bertz CT molecular complexity index is 1060. The second-order valence-corrected chi connectivity index (χ2v) is 8.53. The Labute approximate surface area is 161 Å². The summed E-state index contributed by atoms with van der Waals surface area (Å²) in [5, 5.41) is 5.35. The fourth-order valence-electron chi connectivity index (χ4n) is 2.44. The van der Waals surface area contributed by atoms with E-state index in [9.17, 15) is 9.18 Å². The van der Waals surface area contributed by atoms with Gasteiger partial charge in [-0.1, -0.05) is 29.5 Å². The van der Waals surface area contributed by atoms with Crippen LogP contribution < -0.4 is 5.32 Å². The Kier molecular flexibility index (Phi) is 5.01. The number of halogens is 1. The summed E-state index contributed by atoms with van der Waals surface area (Å²) in [5.74, 6) is 0.302. The zero-order valence-electron chi connectivity index (χ0n) is 13.4. The Hall–Kier alpha value is -2.22.